The molecule has 1 aliphatic heterocycles. The molecule has 3 rings (SSSR count). The van der Waals surface area contributed by atoms with Gasteiger partial charge in [0.2, 0.25) is 5.95 Å². The number of carbonyl (C=O) groups excluding carboxylic acids is 1. The molecule has 2 aromatic rings. The Morgan fingerprint density at radius 2 is 1.72 bits per heavy atom. The highest BCUT2D eigenvalue weighted by Crippen LogP contribution is 2.29. The summed E-state index contributed by atoms with van der Waals surface area (Å²) in [5, 5.41) is 9.50. The zero-order valence-corrected chi connectivity index (χ0v) is 19.2. The van der Waals surface area contributed by atoms with Crippen LogP contribution in [-0.4, -0.2) is 52.1 Å². The number of morpholine rings is 1. The van der Waals surface area contributed by atoms with Crippen molar-refractivity contribution in [2.24, 2.45) is 5.92 Å². The van der Waals surface area contributed by atoms with Gasteiger partial charge in [0.05, 0.1) is 18.5 Å². The highest BCUT2D eigenvalue weighted by molar-refractivity contribution is 8.00. The second-order valence-corrected chi connectivity index (χ2v) is 9.57. The number of rotatable bonds is 7. The van der Waals surface area contributed by atoms with Crippen LogP contribution in [0.4, 0.5) is 5.95 Å². The maximum Gasteiger partial charge on any atom is 0.228 e. The highest BCUT2D eigenvalue weighted by Gasteiger charge is 2.25. The summed E-state index contributed by atoms with van der Waals surface area (Å²) >= 11 is 1.50. The van der Waals surface area contributed by atoms with Gasteiger partial charge in [-0.3, -0.25) is 9.36 Å². The molecule has 29 heavy (non-hydrogen) atoms. The molecule has 1 unspecified atom stereocenters. The number of anilines is 1. The Morgan fingerprint density at radius 1 is 1.07 bits per heavy atom. The van der Waals surface area contributed by atoms with Crippen molar-refractivity contribution in [3.05, 3.63) is 34.4 Å². The van der Waals surface area contributed by atoms with Gasteiger partial charge in [0, 0.05) is 25.2 Å². The van der Waals surface area contributed by atoms with Gasteiger partial charge in [-0.25, -0.2) is 0 Å². The summed E-state index contributed by atoms with van der Waals surface area (Å²) in [6, 6.07) is 4.11. The Kier molecular flexibility index (Phi) is 7.01. The van der Waals surface area contributed by atoms with E-state index < -0.39 is 0 Å². The van der Waals surface area contributed by atoms with Gasteiger partial charge < -0.3 is 9.64 Å². The van der Waals surface area contributed by atoms with Crippen LogP contribution in [0.15, 0.2) is 17.3 Å². The first kappa shape index (κ1) is 21.8. The minimum absolute atomic E-state index is 0.141. The molecule has 0 amide bonds. The Hall–Kier alpha value is -1.86. The lowest BCUT2D eigenvalue weighted by Gasteiger charge is -2.28. The molecule has 1 aromatic heterocycles. The van der Waals surface area contributed by atoms with Crippen molar-refractivity contribution in [2.75, 3.05) is 31.2 Å². The lowest BCUT2D eigenvalue weighted by molar-refractivity contribution is 0.0993. The molecule has 158 valence electrons. The van der Waals surface area contributed by atoms with E-state index in [1.807, 2.05) is 19.9 Å². The molecule has 1 aromatic carbocycles. The zero-order valence-electron chi connectivity index (χ0n) is 18.4. The number of nitrogens with zero attached hydrogens (tertiary/aromatic N) is 4. The molecule has 1 fully saturated rings. The number of hydrogen-bond donors (Lipinski definition) is 0. The van der Waals surface area contributed by atoms with Crippen LogP contribution >= 0.6 is 11.8 Å². The monoisotopic (exact) mass is 416 g/mol. The molecule has 0 bridgehead atoms. The Bertz CT molecular complexity index is 872. The highest BCUT2D eigenvalue weighted by atomic mass is 32.2. The summed E-state index contributed by atoms with van der Waals surface area (Å²) in [7, 11) is 0. The number of hydrogen-bond acceptors (Lipinski definition) is 6. The van der Waals surface area contributed by atoms with E-state index in [0.717, 1.165) is 47.4 Å². The number of aryl methyl sites for hydroxylation is 3. The minimum Gasteiger partial charge on any atom is -0.378 e. The summed E-state index contributed by atoms with van der Waals surface area (Å²) in [6.45, 7) is 16.3. The number of thioether (sulfide) groups is 1. The fourth-order valence-electron chi connectivity index (χ4n) is 3.55. The van der Waals surface area contributed by atoms with Gasteiger partial charge in [-0.15, -0.1) is 10.2 Å². The molecule has 6 nitrogen and oxygen atoms in total. The Morgan fingerprint density at radius 3 is 2.38 bits per heavy atom. The summed E-state index contributed by atoms with van der Waals surface area (Å²) in [5.74, 6) is 1.48. The molecule has 1 atom stereocenters. The molecule has 1 saturated heterocycles. The van der Waals surface area contributed by atoms with E-state index in [9.17, 15) is 4.79 Å². The van der Waals surface area contributed by atoms with E-state index in [1.165, 1.54) is 17.3 Å². The third-order valence-electron chi connectivity index (χ3n) is 5.30. The van der Waals surface area contributed by atoms with Crippen LogP contribution in [0.25, 0.3) is 0 Å². The summed E-state index contributed by atoms with van der Waals surface area (Å²) in [5.41, 5.74) is 4.19. The van der Waals surface area contributed by atoms with Gasteiger partial charge in [0.15, 0.2) is 10.9 Å². The Balaban J connectivity index is 1.84. The maximum atomic E-state index is 13.2. The number of carbonyl (C=O) groups is 1. The average Bonchev–Trinajstić information content (AvgIpc) is 3.06. The van der Waals surface area contributed by atoms with Crippen LogP contribution in [0.1, 0.15) is 47.8 Å². The average molecular weight is 417 g/mol. The minimum atomic E-state index is -0.233. The van der Waals surface area contributed by atoms with Gasteiger partial charge in [-0.2, -0.15) is 0 Å². The van der Waals surface area contributed by atoms with E-state index in [2.05, 4.69) is 53.4 Å². The lowest BCUT2D eigenvalue weighted by atomic mass is 9.97. The molecule has 7 heteroatoms. The van der Waals surface area contributed by atoms with Crippen molar-refractivity contribution < 1.29 is 9.53 Å². The summed E-state index contributed by atoms with van der Waals surface area (Å²) in [4.78, 5) is 15.4. The lowest BCUT2D eigenvalue weighted by Crippen LogP contribution is -2.38. The van der Waals surface area contributed by atoms with Gasteiger partial charge in [0.1, 0.15) is 0 Å². The van der Waals surface area contributed by atoms with E-state index in [0.29, 0.717) is 19.1 Å². The molecular weight excluding hydrogens is 384 g/mol. The number of aromatic nitrogens is 3. The van der Waals surface area contributed by atoms with Crippen molar-refractivity contribution in [1.82, 2.24) is 14.8 Å². The van der Waals surface area contributed by atoms with Crippen LogP contribution in [0.2, 0.25) is 0 Å². The van der Waals surface area contributed by atoms with Crippen molar-refractivity contribution in [3.63, 3.8) is 0 Å². The maximum absolute atomic E-state index is 13.2. The standard InChI is InChI=1S/C22H32N4O2S/c1-14(2)13-26-21(25-7-9-28-10-8-25)23-24-22(26)29-18(6)20(27)19-12-16(4)15(3)11-17(19)5/h11-12,14,18H,7-10,13H2,1-6H3. The molecule has 2 heterocycles. The van der Waals surface area contributed by atoms with Crippen LogP contribution in [0.5, 0.6) is 0 Å². The van der Waals surface area contributed by atoms with Crippen molar-refractivity contribution in [1.29, 1.82) is 0 Å². The van der Waals surface area contributed by atoms with Crippen LogP contribution in [0, 0.1) is 26.7 Å². The molecule has 0 radical (unpaired) electrons. The predicted octanol–water partition coefficient (Wildman–Crippen LogP) is 4.06. The molecule has 0 saturated carbocycles. The molecule has 0 spiro atoms. The van der Waals surface area contributed by atoms with Gasteiger partial charge >= 0.3 is 0 Å². The van der Waals surface area contributed by atoms with E-state index in [4.69, 9.17) is 4.74 Å². The molecule has 0 N–H and O–H groups in total. The topological polar surface area (TPSA) is 60.3 Å². The van der Waals surface area contributed by atoms with Crippen LogP contribution in [-0.2, 0) is 11.3 Å². The fraction of sp³-hybridized carbons (Fsp3) is 0.591. The second kappa shape index (κ2) is 9.30. The fourth-order valence-corrected chi connectivity index (χ4v) is 4.47. The molecular formula is C22H32N4O2S. The third kappa shape index (κ3) is 5.01. The number of ether oxygens (including phenoxy) is 1. The number of benzene rings is 1. The predicted molar refractivity (Wildman–Crippen MR) is 118 cm³/mol. The number of ketones is 1. The second-order valence-electron chi connectivity index (χ2n) is 8.26. The first-order chi connectivity index (χ1) is 13.8. The Labute approximate surface area is 178 Å². The van der Waals surface area contributed by atoms with E-state index >= 15 is 0 Å². The van der Waals surface area contributed by atoms with E-state index in [1.54, 1.807) is 0 Å². The van der Waals surface area contributed by atoms with Crippen molar-refractivity contribution in [2.45, 2.75) is 58.5 Å². The SMILES string of the molecule is Cc1cc(C)c(C(=O)C(C)Sc2nnc(N3CCOCC3)n2CC(C)C)cc1C. The van der Waals surface area contributed by atoms with Gasteiger partial charge in [-0.1, -0.05) is 31.7 Å². The van der Waals surface area contributed by atoms with E-state index in [-0.39, 0.29) is 11.0 Å². The zero-order chi connectivity index (χ0) is 21.1. The quantitative estimate of drug-likeness (QED) is 0.501. The van der Waals surface area contributed by atoms with Gasteiger partial charge in [0.25, 0.3) is 0 Å². The largest absolute Gasteiger partial charge is 0.378 e. The van der Waals surface area contributed by atoms with Crippen molar-refractivity contribution >= 4 is 23.5 Å². The summed E-state index contributed by atoms with van der Waals surface area (Å²) < 4.78 is 7.64. The number of Topliss-reactive ketones (excluding diaryl/α,β-unsaturated/α-hetero) is 1. The first-order valence-corrected chi connectivity index (χ1v) is 11.2. The van der Waals surface area contributed by atoms with Crippen LogP contribution in [0.3, 0.4) is 0 Å². The van der Waals surface area contributed by atoms with Crippen LogP contribution < -0.4 is 4.90 Å². The molecule has 0 aliphatic carbocycles. The third-order valence-corrected chi connectivity index (χ3v) is 6.38. The normalized spacial score (nSPS) is 15.8. The van der Waals surface area contributed by atoms with Gasteiger partial charge in [-0.05, 0) is 56.4 Å². The first-order valence-electron chi connectivity index (χ1n) is 10.3. The van der Waals surface area contributed by atoms with Crippen molar-refractivity contribution in [3.8, 4) is 0 Å². The summed E-state index contributed by atoms with van der Waals surface area (Å²) in [6.07, 6.45) is 0. The smallest absolute Gasteiger partial charge is 0.228 e. The molecule has 1 aliphatic rings.